The number of hydrogen-bond donors (Lipinski definition) is 0. The van der Waals surface area contributed by atoms with Crippen LogP contribution in [0.25, 0.3) is 0 Å². The molecule has 0 aliphatic rings. The molecular weight excluding hydrogens is 292 g/mol. The summed E-state index contributed by atoms with van der Waals surface area (Å²) in [5, 5.41) is 0. The van der Waals surface area contributed by atoms with Gasteiger partial charge in [-0.3, -0.25) is 0 Å². The lowest BCUT2D eigenvalue weighted by molar-refractivity contribution is -0.323. The molecule has 0 N–H and O–H groups in total. The van der Waals surface area contributed by atoms with Crippen molar-refractivity contribution in [3.8, 4) is 0 Å². The maximum absolute atomic E-state index is 13.2. The Bertz CT molecular complexity index is 305. The van der Waals surface area contributed by atoms with Gasteiger partial charge in [-0.05, 0) is 13.3 Å². The minimum Gasteiger partial charge on any atom is -0.428 e. The molecule has 0 aromatic heterocycles. The average molecular weight is 302 g/mol. The van der Waals surface area contributed by atoms with E-state index in [4.69, 9.17) is 0 Å². The van der Waals surface area contributed by atoms with Gasteiger partial charge in [0.2, 0.25) is 11.6 Å². The third kappa shape index (κ3) is 4.83. The third-order valence-electron chi connectivity index (χ3n) is 2.28. The van der Waals surface area contributed by atoms with Gasteiger partial charge in [0.25, 0.3) is 6.36 Å². The van der Waals surface area contributed by atoms with Gasteiger partial charge in [0.15, 0.2) is 0 Å². The van der Waals surface area contributed by atoms with E-state index in [0.29, 0.717) is 6.92 Å². The maximum Gasteiger partial charge on any atom is 0.406 e. The van der Waals surface area contributed by atoms with E-state index in [2.05, 4.69) is 4.74 Å². The fraction of sp³-hybridized carbons (Fsp3) is 0.889. The second-order valence-corrected chi connectivity index (χ2v) is 3.87. The number of esters is 1. The standard InChI is InChI=1S/C9H10F8O2/c1-3-7(2,11)6(18)19-5(10)4(8(12,13)14)9(15,16)17/h4-5H,3H2,1-2H3. The minimum atomic E-state index is -6.02. The molecule has 0 aliphatic heterocycles. The van der Waals surface area contributed by atoms with Crippen LogP contribution in [0.4, 0.5) is 35.1 Å². The first-order valence-corrected chi connectivity index (χ1v) is 4.91. The van der Waals surface area contributed by atoms with Crippen LogP contribution in [0, 0.1) is 5.92 Å². The molecule has 0 aliphatic carbocycles. The van der Waals surface area contributed by atoms with Crippen LogP contribution in [0.15, 0.2) is 0 Å². The van der Waals surface area contributed by atoms with Crippen LogP contribution < -0.4 is 0 Å². The van der Waals surface area contributed by atoms with Crippen molar-refractivity contribution >= 4 is 5.97 Å². The molecule has 19 heavy (non-hydrogen) atoms. The molecule has 0 spiro atoms. The molecule has 0 bridgehead atoms. The van der Waals surface area contributed by atoms with Gasteiger partial charge in [-0.2, -0.15) is 26.3 Å². The lowest BCUT2D eigenvalue weighted by Gasteiger charge is -2.27. The summed E-state index contributed by atoms with van der Waals surface area (Å²) in [5.74, 6) is -6.64. The van der Waals surface area contributed by atoms with Crippen molar-refractivity contribution in [3.05, 3.63) is 0 Å². The SMILES string of the molecule is CCC(C)(F)C(=O)OC(F)C(C(F)(F)F)C(F)(F)F. The van der Waals surface area contributed by atoms with Crippen LogP contribution in [-0.2, 0) is 9.53 Å². The average Bonchev–Trinajstić information content (AvgIpc) is 2.12. The van der Waals surface area contributed by atoms with E-state index < -0.39 is 42.7 Å². The summed E-state index contributed by atoms with van der Waals surface area (Å²) in [6.07, 6.45) is -16.7. The highest BCUT2D eigenvalue weighted by Gasteiger charge is 2.63. The topological polar surface area (TPSA) is 26.3 Å². The zero-order valence-electron chi connectivity index (χ0n) is 9.70. The van der Waals surface area contributed by atoms with Gasteiger partial charge in [-0.15, -0.1) is 0 Å². The van der Waals surface area contributed by atoms with Gasteiger partial charge in [-0.1, -0.05) is 6.92 Å². The van der Waals surface area contributed by atoms with Crippen LogP contribution in [-0.4, -0.2) is 30.3 Å². The summed E-state index contributed by atoms with van der Waals surface area (Å²) in [6, 6.07) is 0. The van der Waals surface area contributed by atoms with Gasteiger partial charge in [0.1, 0.15) is 0 Å². The number of rotatable bonds is 4. The van der Waals surface area contributed by atoms with E-state index >= 15 is 0 Å². The highest BCUT2D eigenvalue weighted by Crippen LogP contribution is 2.43. The van der Waals surface area contributed by atoms with Crippen molar-refractivity contribution in [2.75, 3.05) is 0 Å². The number of ether oxygens (including phenoxy) is 1. The van der Waals surface area contributed by atoms with Gasteiger partial charge >= 0.3 is 18.3 Å². The Morgan fingerprint density at radius 2 is 1.42 bits per heavy atom. The Kier molecular flexibility index (Phi) is 5.18. The third-order valence-corrected chi connectivity index (χ3v) is 2.28. The van der Waals surface area contributed by atoms with Crippen molar-refractivity contribution in [1.82, 2.24) is 0 Å². The molecule has 0 amide bonds. The van der Waals surface area contributed by atoms with Crippen LogP contribution in [0.3, 0.4) is 0 Å². The summed E-state index contributed by atoms with van der Waals surface area (Å²) in [4.78, 5) is 10.9. The molecular formula is C9H10F8O2. The quantitative estimate of drug-likeness (QED) is 0.584. The number of hydrogen-bond acceptors (Lipinski definition) is 2. The van der Waals surface area contributed by atoms with Gasteiger partial charge in [0, 0.05) is 0 Å². The molecule has 0 rings (SSSR count). The monoisotopic (exact) mass is 302 g/mol. The Balaban J connectivity index is 5.07. The van der Waals surface area contributed by atoms with Crippen molar-refractivity contribution in [2.24, 2.45) is 5.92 Å². The zero-order valence-corrected chi connectivity index (χ0v) is 9.70. The van der Waals surface area contributed by atoms with E-state index in [0.717, 1.165) is 6.92 Å². The number of alkyl halides is 8. The van der Waals surface area contributed by atoms with Gasteiger partial charge in [-0.25, -0.2) is 13.6 Å². The zero-order chi connectivity index (χ0) is 15.6. The second kappa shape index (κ2) is 5.49. The second-order valence-electron chi connectivity index (χ2n) is 3.87. The lowest BCUT2D eigenvalue weighted by Crippen LogP contribution is -2.46. The molecule has 114 valence electrons. The molecule has 10 heteroatoms. The fourth-order valence-electron chi connectivity index (χ4n) is 0.920. The molecule has 0 aromatic rings. The summed E-state index contributed by atoms with van der Waals surface area (Å²) >= 11 is 0. The number of carbonyl (C=O) groups is 1. The normalized spacial score (nSPS) is 18.1. The van der Waals surface area contributed by atoms with Crippen molar-refractivity contribution in [1.29, 1.82) is 0 Å². The molecule has 2 atom stereocenters. The Hall–Kier alpha value is -1.09. The van der Waals surface area contributed by atoms with E-state index in [-0.39, 0.29) is 0 Å². The summed E-state index contributed by atoms with van der Waals surface area (Å²) < 4.78 is 102. The van der Waals surface area contributed by atoms with Crippen LogP contribution >= 0.6 is 0 Å². The molecule has 0 heterocycles. The van der Waals surface area contributed by atoms with Crippen LogP contribution in [0.2, 0.25) is 0 Å². The minimum absolute atomic E-state index is 0.554. The lowest BCUT2D eigenvalue weighted by atomic mass is 10.1. The fourth-order valence-corrected chi connectivity index (χ4v) is 0.920. The van der Waals surface area contributed by atoms with Gasteiger partial charge < -0.3 is 4.74 Å². The van der Waals surface area contributed by atoms with E-state index in [1.807, 2.05) is 0 Å². The first-order chi connectivity index (χ1) is 8.23. The van der Waals surface area contributed by atoms with Gasteiger partial charge in [0.05, 0.1) is 0 Å². The van der Waals surface area contributed by atoms with E-state index in [9.17, 15) is 39.9 Å². The molecule has 2 nitrogen and oxygen atoms in total. The first-order valence-electron chi connectivity index (χ1n) is 4.91. The smallest absolute Gasteiger partial charge is 0.406 e. The summed E-state index contributed by atoms with van der Waals surface area (Å²) in [5.41, 5.74) is -2.87. The largest absolute Gasteiger partial charge is 0.428 e. The van der Waals surface area contributed by atoms with Crippen molar-refractivity contribution in [2.45, 2.75) is 44.6 Å². The molecule has 0 aromatic carbocycles. The highest BCUT2D eigenvalue weighted by molar-refractivity contribution is 5.78. The molecule has 0 saturated heterocycles. The highest BCUT2D eigenvalue weighted by atomic mass is 19.4. The van der Waals surface area contributed by atoms with E-state index in [1.54, 1.807) is 0 Å². The Morgan fingerprint density at radius 3 is 1.68 bits per heavy atom. The maximum atomic E-state index is 13.2. The molecule has 0 saturated carbocycles. The number of carbonyl (C=O) groups excluding carboxylic acids is 1. The van der Waals surface area contributed by atoms with Crippen molar-refractivity contribution in [3.63, 3.8) is 0 Å². The molecule has 2 unspecified atom stereocenters. The van der Waals surface area contributed by atoms with Crippen LogP contribution in [0.1, 0.15) is 20.3 Å². The predicted octanol–water partition coefficient (Wildman–Crippen LogP) is 3.70. The first kappa shape index (κ1) is 17.9. The predicted molar refractivity (Wildman–Crippen MR) is 46.4 cm³/mol. The van der Waals surface area contributed by atoms with E-state index in [1.165, 1.54) is 0 Å². The van der Waals surface area contributed by atoms with Crippen LogP contribution in [0.5, 0.6) is 0 Å². The summed E-state index contributed by atoms with van der Waals surface area (Å²) in [7, 11) is 0. The Morgan fingerprint density at radius 1 is 1.05 bits per heavy atom. The Labute approximate surface area is 102 Å². The summed E-state index contributed by atoms with van der Waals surface area (Å²) in [6.45, 7) is 1.64. The molecule has 0 radical (unpaired) electrons. The number of halogens is 8. The molecule has 0 fully saturated rings. The van der Waals surface area contributed by atoms with Crippen molar-refractivity contribution < 1.29 is 44.7 Å².